The van der Waals surface area contributed by atoms with Crippen LogP contribution in [-0.4, -0.2) is 26.6 Å². The highest BCUT2D eigenvalue weighted by molar-refractivity contribution is 7.80. The summed E-state index contributed by atoms with van der Waals surface area (Å²) in [7, 11) is 0. The predicted molar refractivity (Wildman–Crippen MR) is 118 cm³/mol. The second-order valence-corrected chi connectivity index (χ2v) is 7.83. The van der Waals surface area contributed by atoms with Crippen LogP contribution >= 0.6 is 12.2 Å². The van der Waals surface area contributed by atoms with Crippen molar-refractivity contribution in [3.05, 3.63) is 64.6 Å². The van der Waals surface area contributed by atoms with E-state index in [1.54, 1.807) is 4.57 Å². The first-order valence-electron chi connectivity index (χ1n) is 9.66. The van der Waals surface area contributed by atoms with E-state index in [0.29, 0.717) is 15.9 Å². The van der Waals surface area contributed by atoms with Crippen molar-refractivity contribution in [1.82, 2.24) is 9.88 Å². The minimum Gasteiger partial charge on any atom is -0.505 e. The molecule has 2 aromatic carbocycles. The molecule has 0 radical (unpaired) electrons. The van der Waals surface area contributed by atoms with Crippen molar-refractivity contribution in [2.75, 3.05) is 0 Å². The number of phenolic OH excluding ortho intramolecular Hbond substituents is 1. The number of aryl methyl sites for hydroxylation is 1. The molecule has 3 rings (SSSR count). The highest BCUT2D eigenvalue weighted by Gasteiger charge is 2.22. The Morgan fingerprint density at radius 2 is 1.90 bits per heavy atom. The number of amides is 1. The lowest BCUT2D eigenvalue weighted by Gasteiger charge is -2.12. The maximum atomic E-state index is 14.2. The third kappa shape index (κ3) is 4.17. The molecule has 6 heteroatoms. The Hall–Kier alpha value is -2.73. The normalized spacial score (nSPS) is 12.2. The van der Waals surface area contributed by atoms with Crippen molar-refractivity contribution in [2.24, 2.45) is 0 Å². The fraction of sp³-hybridized carbons (Fsp3) is 0.304. The number of halogens is 1. The van der Waals surface area contributed by atoms with Crippen molar-refractivity contribution in [2.45, 2.75) is 46.6 Å². The van der Waals surface area contributed by atoms with Gasteiger partial charge in [-0.2, -0.15) is 0 Å². The maximum absolute atomic E-state index is 14.2. The largest absolute Gasteiger partial charge is 0.505 e. The number of carbonyl (C=O) groups is 1. The van der Waals surface area contributed by atoms with Crippen LogP contribution in [0.2, 0.25) is 0 Å². The number of nitrogens with one attached hydrogen (secondary N) is 1. The monoisotopic (exact) mass is 412 g/mol. The van der Waals surface area contributed by atoms with Gasteiger partial charge in [-0.25, -0.2) is 4.39 Å². The van der Waals surface area contributed by atoms with Crippen LogP contribution in [0, 0.1) is 19.7 Å². The number of fused-ring (bicyclic) bond motifs is 1. The van der Waals surface area contributed by atoms with Gasteiger partial charge in [0.05, 0.1) is 11.9 Å². The van der Waals surface area contributed by atoms with Gasteiger partial charge in [-0.05, 0) is 38.8 Å². The summed E-state index contributed by atoms with van der Waals surface area (Å²) >= 11 is 5.71. The Balaban J connectivity index is 2.13. The molecule has 0 bridgehead atoms. The molecule has 0 saturated carbocycles. The van der Waals surface area contributed by atoms with Crippen LogP contribution in [-0.2, 0) is 11.2 Å². The van der Waals surface area contributed by atoms with Gasteiger partial charge in [-0.1, -0.05) is 49.0 Å². The molecule has 0 spiro atoms. The summed E-state index contributed by atoms with van der Waals surface area (Å²) in [6, 6.07) is 10.5. The zero-order valence-corrected chi connectivity index (χ0v) is 17.9. The zero-order valence-electron chi connectivity index (χ0n) is 17.0. The van der Waals surface area contributed by atoms with Gasteiger partial charge in [0.15, 0.2) is 11.6 Å². The van der Waals surface area contributed by atoms with E-state index in [-0.39, 0.29) is 18.4 Å². The standard InChI is InChI=1S/C23H25FN2O2S/c1-5-14(3)25-22(28)11-17-15(4)26(20-12-19(24)21(27)10-18(17)20)23(29)16-8-6-13(2)7-9-16/h6-10,12,14,27H,5,11H2,1-4H3,(H,25,28). The Labute approximate surface area is 175 Å². The molecule has 1 unspecified atom stereocenters. The molecule has 0 aliphatic rings. The molecule has 4 nitrogen and oxygen atoms in total. The summed E-state index contributed by atoms with van der Waals surface area (Å²) in [4.78, 5) is 13.0. The topological polar surface area (TPSA) is 54.3 Å². The van der Waals surface area contributed by atoms with Crippen LogP contribution in [0.1, 0.15) is 42.7 Å². The molecule has 0 fully saturated rings. The molecule has 1 aromatic heterocycles. The average molecular weight is 413 g/mol. The number of benzene rings is 2. The molecule has 1 amide bonds. The van der Waals surface area contributed by atoms with Gasteiger partial charge in [-0.3, -0.25) is 4.79 Å². The van der Waals surface area contributed by atoms with E-state index in [0.717, 1.165) is 28.8 Å². The summed E-state index contributed by atoms with van der Waals surface area (Å²) in [6.07, 6.45) is 0.956. The molecule has 0 aliphatic heterocycles. The number of hydrogen-bond donors (Lipinski definition) is 2. The third-order valence-electron chi connectivity index (χ3n) is 5.26. The Morgan fingerprint density at radius 3 is 2.52 bits per heavy atom. The summed E-state index contributed by atoms with van der Waals surface area (Å²) < 4.78 is 16.0. The van der Waals surface area contributed by atoms with Gasteiger partial charge in [0.2, 0.25) is 5.91 Å². The third-order valence-corrected chi connectivity index (χ3v) is 5.68. The SMILES string of the molecule is CCC(C)NC(=O)Cc1c(C)n(C(=S)c2ccc(C)cc2)c2cc(F)c(O)cc12. The predicted octanol–water partition coefficient (Wildman–Crippen LogP) is 4.78. The Bertz CT molecular complexity index is 1090. The number of aromatic nitrogens is 1. The molecule has 0 saturated heterocycles. The molecule has 152 valence electrons. The lowest BCUT2D eigenvalue weighted by atomic mass is 10.1. The summed E-state index contributed by atoms with van der Waals surface area (Å²) in [5.41, 5.74) is 3.97. The van der Waals surface area contributed by atoms with Gasteiger partial charge in [0, 0.05) is 28.8 Å². The van der Waals surface area contributed by atoms with Crippen LogP contribution in [0.5, 0.6) is 5.75 Å². The number of phenols is 1. The minimum absolute atomic E-state index is 0.0654. The lowest BCUT2D eigenvalue weighted by molar-refractivity contribution is -0.121. The van der Waals surface area contributed by atoms with Crippen molar-refractivity contribution in [3.63, 3.8) is 0 Å². The zero-order chi connectivity index (χ0) is 21.3. The van der Waals surface area contributed by atoms with Crippen LogP contribution in [0.4, 0.5) is 4.39 Å². The minimum atomic E-state index is -0.724. The fourth-order valence-corrected chi connectivity index (χ4v) is 3.76. The number of carbonyl (C=O) groups excluding carboxylic acids is 1. The molecule has 2 N–H and O–H groups in total. The van der Waals surface area contributed by atoms with E-state index in [2.05, 4.69) is 5.32 Å². The van der Waals surface area contributed by atoms with Crippen LogP contribution in [0.3, 0.4) is 0 Å². The summed E-state index contributed by atoms with van der Waals surface area (Å²) in [6.45, 7) is 7.81. The molecular weight excluding hydrogens is 387 g/mol. The second-order valence-electron chi connectivity index (χ2n) is 7.44. The fourth-order valence-electron chi connectivity index (χ4n) is 3.39. The molecular formula is C23H25FN2O2S. The van der Waals surface area contributed by atoms with E-state index >= 15 is 0 Å². The first-order valence-corrected chi connectivity index (χ1v) is 10.1. The smallest absolute Gasteiger partial charge is 0.224 e. The maximum Gasteiger partial charge on any atom is 0.224 e. The van der Waals surface area contributed by atoms with E-state index in [1.165, 1.54) is 12.1 Å². The van der Waals surface area contributed by atoms with Crippen LogP contribution < -0.4 is 5.32 Å². The molecule has 29 heavy (non-hydrogen) atoms. The molecule has 1 atom stereocenters. The number of hydrogen-bond acceptors (Lipinski definition) is 3. The second kappa shape index (κ2) is 8.33. The highest BCUT2D eigenvalue weighted by Crippen LogP contribution is 2.32. The molecule has 0 aliphatic carbocycles. The van der Waals surface area contributed by atoms with Crippen molar-refractivity contribution in [1.29, 1.82) is 0 Å². The number of thiocarbonyl (C=S) groups is 1. The Morgan fingerprint density at radius 1 is 1.24 bits per heavy atom. The van der Waals surface area contributed by atoms with Crippen molar-refractivity contribution in [3.8, 4) is 5.75 Å². The van der Waals surface area contributed by atoms with Crippen molar-refractivity contribution < 1.29 is 14.3 Å². The van der Waals surface area contributed by atoms with E-state index in [1.807, 2.05) is 52.0 Å². The van der Waals surface area contributed by atoms with Gasteiger partial charge in [0.25, 0.3) is 0 Å². The lowest BCUT2D eigenvalue weighted by Crippen LogP contribution is -2.33. The van der Waals surface area contributed by atoms with E-state index in [4.69, 9.17) is 12.2 Å². The van der Waals surface area contributed by atoms with E-state index in [9.17, 15) is 14.3 Å². The van der Waals surface area contributed by atoms with Gasteiger partial charge < -0.3 is 15.0 Å². The first-order chi connectivity index (χ1) is 13.7. The molecule has 3 aromatic rings. The molecule has 1 heterocycles. The van der Waals surface area contributed by atoms with Crippen molar-refractivity contribution >= 4 is 34.0 Å². The average Bonchev–Trinajstić information content (AvgIpc) is 2.93. The Kier molecular flexibility index (Phi) is 6.03. The first kappa shape index (κ1) is 21.0. The summed E-state index contributed by atoms with van der Waals surface area (Å²) in [5, 5.41) is 13.5. The van der Waals surface area contributed by atoms with Gasteiger partial charge >= 0.3 is 0 Å². The number of nitrogens with zero attached hydrogens (tertiary/aromatic N) is 1. The summed E-state index contributed by atoms with van der Waals surface area (Å²) in [5.74, 6) is -1.29. The quantitative estimate of drug-likeness (QED) is 0.593. The van der Waals surface area contributed by atoms with Crippen LogP contribution in [0.15, 0.2) is 36.4 Å². The number of aromatic hydroxyl groups is 1. The van der Waals surface area contributed by atoms with Gasteiger partial charge in [-0.15, -0.1) is 0 Å². The van der Waals surface area contributed by atoms with Gasteiger partial charge in [0.1, 0.15) is 4.99 Å². The van der Waals surface area contributed by atoms with E-state index < -0.39 is 11.6 Å². The van der Waals surface area contributed by atoms with Crippen LogP contribution in [0.25, 0.3) is 10.9 Å². The number of rotatable bonds is 5. The highest BCUT2D eigenvalue weighted by atomic mass is 32.1.